The molecule has 154 valence electrons. The Morgan fingerprint density at radius 1 is 1.23 bits per heavy atom. The molecule has 1 aliphatic heterocycles. The van der Waals surface area contributed by atoms with Crippen LogP contribution in [0.25, 0.3) is 6.08 Å². The maximum atomic E-state index is 12.4. The molecule has 30 heavy (non-hydrogen) atoms. The highest BCUT2D eigenvalue weighted by atomic mass is 32.2. The monoisotopic (exact) mass is 438 g/mol. The van der Waals surface area contributed by atoms with Gasteiger partial charge in [0.25, 0.3) is 11.8 Å². The fourth-order valence-electron chi connectivity index (χ4n) is 2.89. The molecule has 1 saturated heterocycles. The van der Waals surface area contributed by atoms with Gasteiger partial charge in [0.05, 0.1) is 4.91 Å². The van der Waals surface area contributed by atoms with Gasteiger partial charge in [-0.2, -0.15) is 0 Å². The van der Waals surface area contributed by atoms with Crippen LogP contribution in [-0.2, 0) is 9.59 Å². The molecule has 0 radical (unpaired) electrons. The predicted molar refractivity (Wildman–Crippen MR) is 127 cm³/mol. The quantitative estimate of drug-likeness (QED) is 0.385. The summed E-state index contributed by atoms with van der Waals surface area (Å²) in [4.78, 5) is 26.6. The van der Waals surface area contributed by atoms with Crippen molar-refractivity contribution in [3.05, 3.63) is 76.7 Å². The zero-order valence-corrected chi connectivity index (χ0v) is 18.4. The van der Waals surface area contributed by atoms with Gasteiger partial charge in [-0.15, -0.1) is 6.58 Å². The van der Waals surface area contributed by atoms with Gasteiger partial charge >= 0.3 is 0 Å². The van der Waals surface area contributed by atoms with Gasteiger partial charge in [-0.3, -0.25) is 14.5 Å². The van der Waals surface area contributed by atoms with Gasteiger partial charge in [-0.1, -0.05) is 59.9 Å². The molecule has 5 nitrogen and oxygen atoms in total. The summed E-state index contributed by atoms with van der Waals surface area (Å²) in [5.41, 5.74) is 3.77. The molecule has 2 aromatic carbocycles. The number of thiocarbonyl (C=S) groups is 1. The maximum Gasteiger partial charge on any atom is 0.266 e. The molecule has 0 aliphatic carbocycles. The Morgan fingerprint density at radius 3 is 2.63 bits per heavy atom. The third kappa shape index (κ3) is 5.37. The summed E-state index contributed by atoms with van der Waals surface area (Å²) in [5, 5.41) is 2.85. The number of rotatable bonds is 7. The molecule has 0 saturated carbocycles. The molecule has 3 rings (SSSR count). The number of carbonyl (C=O) groups excluding carboxylic acids is 2. The summed E-state index contributed by atoms with van der Waals surface area (Å²) < 4.78 is 6.10. The first-order chi connectivity index (χ1) is 14.4. The van der Waals surface area contributed by atoms with Crippen molar-refractivity contribution in [2.75, 3.05) is 18.5 Å². The molecule has 0 spiro atoms. The topological polar surface area (TPSA) is 58.6 Å². The lowest BCUT2D eigenvalue weighted by Crippen LogP contribution is -2.27. The minimum Gasteiger partial charge on any atom is -0.484 e. The Balaban J connectivity index is 1.57. The Kier molecular flexibility index (Phi) is 7.07. The van der Waals surface area contributed by atoms with Crippen molar-refractivity contribution in [2.24, 2.45) is 0 Å². The average molecular weight is 439 g/mol. The number of carbonyl (C=O) groups is 2. The van der Waals surface area contributed by atoms with Crippen molar-refractivity contribution < 1.29 is 14.3 Å². The second-order valence-electron chi connectivity index (χ2n) is 6.81. The van der Waals surface area contributed by atoms with Gasteiger partial charge in [0, 0.05) is 12.2 Å². The van der Waals surface area contributed by atoms with E-state index >= 15 is 0 Å². The van der Waals surface area contributed by atoms with Crippen LogP contribution in [0.4, 0.5) is 5.69 Å². The number of benzene rings is 2. The Morgan fingerprint density at radius 2 is 1.97 bits per heavy atom. The Bertz CT molecular complexity index is 1030. The summed E-state index contributed by atoms with van der Waals surface area (Å²) in [7, 11) is 0. The first-order valence-electron chi connectivity index (χ1n) is 9.33. The van der Waals surface area contributed by atoms with Crippen LogP contribution in [0.15, 0.2) is 60.0 Å². The van der Waals surface area contributed by atoms with Crippen molar-refractivity contribution >= 4 is 51.9 Å². The van der Waals surface area contributed by atoms with Crippen molar-refractivity contribution in [3.8, 4) is 5.75 Å². The molecule has 2 amide bonds. The lowest BCUT2D eigenvalue weighted by molar-refractivity contribution is -0.121. The fourth-order valence-corrected chi connectivity index (χ4v) is 4.16. The van der Waals surface area contributed by atoms with Gasteiger partial charge in [-0.05, 0) is 49.2 Å². The summed E-state index contributed by atoms with van der Waals surface area (Å²) >= 11 is 6.51. The number of nitrogens with zero attached hydrogens (tertiary/aromatic N) is 1. The number of ether oxygens (including phenoxy) is 1. The Labute approximate surface area is 185 Å². The predicted octanol–water partition coefficient (Wildman–Crippen LogP) is 4.71. The van der Waals surface area contributed by atoms with Crippen LogP contribution in [0.5, 0.6) is 5.75 Å². The lowest BCUT2D eigenvalue weighted by Gasteiger charge is -2.10. The van der Waals surface area contributed by atoms with Crippen molar-refractivity contribution in [1.82, 2.24) is 4.90 Å². The number of nitrogens with one attached hydrogen (secondary N) is 1. The first kappa shape index (κ1) is 21.8. The van der Waals surface area contributed by atoms with Gasteiger partial charge in [-0.25, -0.2) is 0 Å². The summed E-state index contributed by atoms with van der Waals surface area (Å²) in [6, 6.07) is 13.0. The number of hydrogen-bond donors (Lipinski definition) is 1. The standard InChI is InChI=1S/C23H22N2O3S2/c1-4-11-25-22(27)20(30-23(25)29)13-17-6-8-18(9-7-17)28-14-21(26)24-19-10-5-15(2)12-16(19)3/h4-10,12-13H,1,11,14H2,2-3H3,(H,24,26)/b20-13-. The normalized spacial score (nSPS) is 14.9. The number of aryl methyl sites for hydroxylation is 2. The SMILES string of the molecule is C=CCN1C(=O)/C(=C/c2ccc(OCC(=O)Nc3ccc(C)cc3C)cc2)SC1=S. The van der Waals surface area contributed by atoms with E-state index in [-0.39, 0.29) is 18.4 Å². The van der Waals surface area contributed by atoms with E-state index in [0.29, 0.717) is 21.5 Å². The largest absolute Gasteiger partial charge is 0.484 e. The molecule has 0 bridgehead atoms. The highest BCUT2D eigenvalue weighted by Gasteiger charge is 2.30. The molecule has 2 aromatic rings. The van der Waals surface area contributed by atoms with E-state index in [1.165, 1.54) is 16.7 Å². The van der Waals surface area contributed by atoms with E-state index in [1.54, 1.807) is 24.3 Å². The molecule has 7 heteroatoms. The third-order valence-electron chi connectivity index (χ3n) is 4.39. The van der Waals surface area contributed by atoms with Gasteiger partial charge < -0.3 is 10.1 Å². The smallest absolute Gasteiger partial charge is 0.266 e. The highest BCUT2D eigenvalue weighted by molar-refractivity contribution is 8.26. The molecule has 1 aliphatic rings. The van der Waals surface area contributed by atoms with E-state index < -0.39 is 0 Å². The van der Waals surface area contributed by atoms with Gasteiger partial charge in [0.15, 0.2) is 6.61 Å². The molecular weight excluding hydrogens is 416 g/mol. The molecule has 0 unspecified atom stereocenters. The maximum absolute atomic E-state index is 12.4. The summed E-state index contributed by atoms with van der Waals surface area (Å²) in [6.45, 7) is 7.92. The van der Waals surface area contributed by atoms with Crippen LogP contribution in [0, 0.1) is 13.8 Å². The van der Waals surface area contributed by atoms with Crippen LogP contribution in [-0.4, -0.2) is 34.2 Å². The molecule has 0 atom stereocenters. The zero-order valence-electron chi connectivity index (χ0n) is 16.8. The van der Waals surface area contributed by atoms with E-state index in [9.17, 15) is 9.59 Å². The number of thioether (sulfide) groups is 1. The summed E-state index contributed by atoms with van der Waals surface area (Å²) in [5.74, 6) is 0.229. The van der Waals surface area contributed by atoms with Crippen molar-refractivity contribution in [3.63, 3.8) is 0 Å². The second-order valence-corrected chi connectivity index (χ2v) is 8.48. The van der Waals surface area contributed by atoms with E-state index in [4.69, 9.17) is 17.0 Å². The van der Waals surface area contributed by atoms with E-state index in [0.717, 1.165) is 22.4 Å². The van der Waals surface area contributed by atoms with E-state index in [2.05, 4.69) is 11.9 Å². The highest BCUT2D eigenvalue weighted by Crippen LogP contribution is 2.32. The van der Waals surface area contributed by atoms with Crippen LogP contribution in [0.2, 0.25) is 0 Å². The Hall–Kier alpha value is -2.90. The minimum absolute atomic E-state index is 0.0904. The van der Waals surface area contributed by atoms with Crippen LogP contribution in [0.3, 0.4) is 0 Å². The number of hydrogen-bond acceptors (Lipinski definition) is 5. The van der Waals surface area contributed by atoms with Crippen LogP contribution < -0.4 is 10.1 Å². The van der Waals surface area contributed by atoms with Crippen LogP contribution >= 0.6 is 24.0 Å². The minimum atomic E-state index is -0.225. The molecule has 1 fully saturated rings. The van der Waals surface area contributed by atoms with Gasteiger partial charge in [0.2, 0.25) is 0 Å². The number of amides is 2. The number of anilines is 1. The average Bonchev–Trinajstić information content (AvgIpc) is 2.97. The van der Waals surface area contributed by atoms with Gasteiger partial charge in [0.1, 0.15) is 10.1 Å². The molecule has 1 N–H and O–H groups in total. The fraction of sp³-hybridized carbons (Fsp3) is 0.174. The zero-order chi connectivity index (χ0) is 21.7. The molecule has 0 aromatic heterocycles. The van der Waals surface area contributed by atoms with Crippen molar-refractivity contribution in [2.45, 2.75) is 13.8 Å². The second kappa shape index (κ2) is 9.73. The van der Waals surface area contributed by atoms with Crippen molar-refractivity contribution in [1.29, 1.82) is 0 Å². The molecular formula is C23H22N2O3S2. The first-order valence-corrected chi connectivity index (χ1v) is 10.6. The molecule has 1 heterocycles. The summed E-state index contributed by atoms with van der Waals surface area (Å²) in [6.07, 6.45) is 3.44. The third-order valence-corrected chi connectivity index (χ3v) is 5.77. The lowest BCUT2D eigenvalue weighted by atomic mass is 10.1. The van der Waals surface area contributed by atoms with Crippen LogP contribution in [0.1, 0.15) is 16.7 Å². The van der Waals surface area contributed by atoms with E-state index in [1.807, 2.05) is 44.2 Å².